The Morgan fingerprint density at radius 3 is 2.50 bits per heavy atom. The fourth-order valence-electron chi connectivity index (χ4n) is 1.80. The molecule has 0 aliphatic carbocycles. The number of halogens is 3. The van der Waals surface area contributed by atoms with Gasteiger partial charge in [0.1, 0.15) is 11.8 Å². The van der Waals surface area contributed by atoms with Crippen LogP contribution in [0, 0.1) is 11.3 Å². The van der Waals surface area contributed by atoms with Crippen molar-refractivity contribution in [1.29, 1.82) is 5.26 Å². The lowest BCUT2D eigenvalue weighted by atomic mass is 10.1. The maximum atomic E-state index is 12.8. The van der Waals surface area contributed by atoms with Gasteiger partial charge >= 0.3 is 6.18 Å². The Labute approximate surface area is 113 Å². The standard InChI is InChI=1S/C14H11F3N2O/c15-14(16,17)13-4-2-1-3-10(13)8-19-9-12-6-5-11(7-18)20-12/h1-6,19H,8-9H2. The summed E-state index contributed by atoms with van der Waals surface area (Å²) in [6, 6.07) is 10.4. The van der Waals surface area contributed by atoms with Crippen LogP contribution in [0.1, 0.15) is 22.6 Å². The molecule has 1 aromatic heterocycles. The van der Waals surface area contributed by atoms with Crippen molar-refractivity contribution in [3.63, 3.8) is 0 Å². The molecule has 0 bridgehead atoms. The van der Waals surface area contributed by atoms with Crippen LogP contribution in [-0.2, 0) is 19.3 Å². The minimum atomic E-state index is -4.36. The Kier molecular flexibility index (Phi) is 4.11. The molecule has 2 rings (SSSR count). The molecule has 1 heterocycles. The van der Waals surface area contributed by atoms with Gasteiger partial charge in [-0.2, -0.15) is 18.4 Å². The van der Waals surface area contributed by atoms with Gasteiger partial charge in [0, 0.05) is 6.54 Å². The highest BCUT2D eigenvalue weighted by molar-refractivity contribution is 5.29. The van der Waals surface area contributed by atoms with E-state index in [1.165, 1.54) is 18.2 Å². The molecule has 0 fully saturated rings. The normalized spacial score (nSPS) is 11.3. The topological polar surface area (TPSA) is 49.0 Å². The van der Waals surface area contributed by atoms with Crippen LogP contribution in [0.15, 0.2) is 40.8 Å². The van der Waals surface area contributed by atoms with E-state index in [1.807, 2.05) is 6.07 Å². The van der Waals surface area contributed by atoms with Crippen LogP contribution in [0.4, 0.5) is 13.2 Å². The Morgan fingerprint density at radius 1 is 1.10 bits per heavy atom. The molecule has 0 atom stereocenters. The van der Waals surface area contributed by atoms with Gasteiger partial charge in [-0.1, -0.05) is 18.2 Å². The van der Waals surface area contributed by atoms with Crippen LogP contribution >= 0.6 is 0 Å². The maximum Gasteiger partial charge on any atom is 0.416 e. The average Bonchev–Trinajstić information content (AvgIpc) is 2.86. The van der Waals surface area contributed by atoms with Crippen molar-refractivity contribution >= 4 is 0 Å². The minimum absolute atomic E-state index is 0.0677. The monoisotopic (exact) mass is 280 g/mol. The summed E-state index contributed by atoms with van der Waals surface area (Å²) in [4.78, 5) is 0. The van der Waals surface area contributed by atoms with Gasteiger partial charge in [-0.15, -0.1) is 0 Å². The quantitative estimate of drug-likeness (QED) is 0.933. The molecule has 0 unspecified atom stereocenters. The molecule has 0 saturated heterocycles. The number of alkyl halides is 3. The smallest absolute Gasteiger partial charge is 0.416 e. The fraction of sp³-hybridized carbons (Fsp3) is 0.214. The molecule has 6 heteroatoms. The number of nitriles is 1. The van der Waals surface area contributed by atoms with Crippen molar-refractivity contribution in [2.24, 2.45) is 0 Å². The van der Waals surface area contributed by atoms with Gasteiger partial charge in [-0.3, -0.25) is 0 Å². The zero-order valence-corrected chi connectivity index (χ0v) is 10.4. The molecule has 20 heavy (non-hydrogen) atoms. The first-order valence-corrected chi connectivity index (χ1v) is 5.85. The van der Waals surface area contributed by atoms with E-state index < -0.39 is 11.7 Å². The molecule has 104 valence electrons. The molecular weight excluding hydrogens is 269 g/mol. The fourth-order valence-corrected chi connectivity index (χ4v) is 1.80. The van der Waals surface area contributed by atoms with E-state index in [9.17, 15) is 13.2 Å². The zero-order valence-electron chi connectivity index (χ0n) is 10.4. The highest BCUT2D eigenvalue weighted by atomic mass is 19.4. The second-order valence-electron chi connectivity index (χ2n) is 4.14. The van der Waals surface area contributed by atoms with Crippen molar-refractivity contribution in [3.05, 3.63) is 59.0 Å². The SMILES string of the molecule is N#Cc1ccc(CNCc2ccccc2C(F)(F)F)o1. The summed E-state index contributed by atoms with van der Waals surface area (Å²) < 4.78 is 43.4. The maximum absolute atomic E-state index is 12.8. The van der Waals surface area contributed by atoms with Crippen molar-refractivity contribution < 1.29 is 17.6 Å². The van der Waals surface area contributed by atoms with Gasteiger partial charge in [-0.05, 0) is 23.8 Å². The van der Waals surface area contributed by atoms with Gasteiger partial charge in [0.15, 0.2) is 0 Å². The second kappa shape index (κ2) is 5.80. The van der Waals surface area contributed by atoms with E-state index in [0.29, 0.717) is 5.76 Å². The summed E-state index contributed by atoms with van der Waals surface area (Å²) in [6.07, 6.45) is -4.36. The van der Waals surface area contributed by atoms with Gasteiger partial charge in [0.2, 0.25) is 5.76 Å². The third kappa shape index (κ3) is 3.39. The predicted octanol–water partition coefficient (Wildman–Crippen LogP) is 3.46. The van der Waals surface area contributed by atoms with E-state index in [4.69, 9.17) is 9.68 Å². The van der Waals surface area contributed by atoms with Gasteiger partial charge in [-0.25, -0.2) is 0 Å². The average molecular weight is 280 g/mol. The Bertz CT molecular complexity index is 626. The number of hydrogen-bond acceptors (Lipinski definition) is 3. The predicted molar refractivity (Wildman–Crippen MR) is 65.4 cm³/mol. The van der Waals surface area contributed by atoms with E-state index >= 15 is 0 Å². The van der Waals surface area contributed by atoms with Crippen molar-refractivity contribution in [2.75, 3.05) is 0 Å². The summed E-state index contributed by atoms with van der Waals surface area (Å²) in [5, 5.41) is 11.5. The van der Waals surface area contributed by atoms with Crippen LogP contribution in [0.2, 0.25) is 0 Å². The van der Waals surface area contributed by atoms with E-state index in [-0.39, 0.29) is 24.4 Å². The van der Waals surface area contributed by atoms with Crippen LogP contribution in [0.25, 0.3) is 0 Å². The van der Waals surface area contributed by atoms with E-state index in [0.717, 1.165) is 6.07 Å². The molecule has 0 aliphatic heterocycles. The molecule has 0 amide bonds. The minimum Gasteiger partial charge on any atom is -0.449 e. The molecule has 0 saturated carbocycles. The van der Waals surface area contributed by atoms with E-state index in [2.05, 4.69) is 5.32 Å². The third-order valence-corrected chi connectivity index (χ3v) is 2.71. The molecule has 0 spiro atoms. The summed E-state index contributed by atoms with van der Waals surface area (Å²) >= 11 is 0. The van der Waals surface area contributed by atoms with Gasteiger partial charge in [0.25, 0.3) is 0 Å². The molecule has 1 N–H and O–H groups in total. The van der Waals surface area contributed by atoms with Gasteiger partial charge in [0.05, 0.1) is 12.1 Å². The lowest BCUT2D eigenvalue weighted by molar-refractivity contribution is -0.138. The number of rotatable bonds is 4. The third-order valence-electron chi connectivity index (χ3n) is 2.71. The van der Waals surface area contributed by atoms with Crippen molar-refractivity contribution in [1.82, 2.24) is 5.32 Å². The molecule has 0 radical (unpaired) electrons. The summed E-state index contributed by atoms with van der Waals surface area (Å²) in [6.45, 7) is 0.326. The second-order valence-corrected chi connectivity index (χ2v) is 4.14. The summed E-state index contributed by atoms with van der Waals surface area (Å²) in [7, 11) is 0. The molecular formula is C14H11F3N2O. The van der Waals surface area contributed by atoms with Crippen LogP contribution in [0.3, 0.4) is 0 Å². The van der Waals surface area contributed by atoms with Crippen molar-refractivity contribution in [3.8, 4) is 6.07 Å². The lowest BCUT2D eigenvalue weighted by Crippen LogP contribution is -2.17. The van der Waals surface area contributed by atoms with Crippen LogP contribution in [0.5, 0.6) is 0 Å². The largest absolute Gasteiger partial charge is 0.449 e. The molecule has 3 nitrogen and oxygen atoms in total. The van der Waals surface area contributed by atoms with Crippen LogP contribution < -0.4 is 5.32 Å². The summed E-state index contributed by atoms with van der Waals surface area (Å²) in [5.74, 6) is 0.684. The zero-order chi connectivity index (χ0) is 14.6. The number of hydrogen-bond donors (Lipinski definition) is 1. The first kappa shape index (κ1) is 14.2. The Hall–Kier alpha value is -2.26. The van der Waals surface area contributed by atoms with Gasteiger partial charge < -0.3 is 9.73 Å². The number of nitrogens with one attached hydrogen (secondary N) is 1. The number of nitrogens with zero attached hydrogens (tertiary/aromatic N) is 1. The molecule has 2 aromatic rings. The first-order chi connectivity index (χ1) is 9.50. The molecule has 0 aliphatic rings. The summed E-state index contributed by atoms with van der Waals surface area (Å²) in [5.41, 5.74) is -0.475. The number of benzene rings is 1. The first-order valence-electron chi connectivity index (χ1n) is 5.85. The highest BCUT2D eigenvalue weighted by Gasteiger charge is 2.32. The lowest BCUT2D eigenvalue weighted by Gasteiger charge is -2.12. The number of furan rings is 1. The van der Waals surface area contributed by atoms with Crippen LogP contribution in [-0.4, -0.2) is 0 Å². The Balaban J connectivity index is 2.00. The Morgan fingerprint density at radius 2 is 1.85 bits per heavy atom. The highest BCUT2D eigenvalue weighted by Crippen LogP contribution is 2.31. The van der Waals surface area contributed by atoms with Crippen molar-refractivity contribution in [2.45, 2.75) is 19.3 Å². The van der Waals surface area contributed by atoms with E-state index in [1.54, 1.807) is 12.1 Å². The molecule has 1 aromatic carbocycles.